The van der Waals surface area contributed by atoms with Gasteiger partial charge in [-0.05, 0) is 47.2 Å². The molecule has 0 bridgehead atoms. The van der Waals surface area contributed by atoms with Crippen molar-refractivity contribution < 1.29 is 9.47 Å². The van der Waals surface area contributed by atoms with Crippen molar-refractivity contribution in [3.05, 3.63) is 24.0 Å². The minimum absolute atomic E-state index is 0.0937. The molecule has 4 heteroatoms. The molecular formula is C16H26N2O2. The van der Waals surface area contributed by atoms with E-state index in [2.05, 4.69) is 38.0 Å². The summed E-state index contributed by atoms with van der Waals surface area (Å²) in [5, 5.41) is 3.44. The predicted molar refractivity (Wildman–Crippen MR) is 79.9 cm³/mol. The summed E-state index contributed by atoms with van der Waals surface area (Å²) in [5.41, 5.74) is 0.874. The lowest BCUT2D eigenvalue weighted by atomic mass is 9.79. The predicted octanol–water partition coefficient (Wildman–Crippen LogP) is 2.94. The molecule has 0 saturated carbocycles. The van der Waals surface area contributed by atoms with E-state index < -0.39 is 0 Å². The van der Waals surface area contributed by atoms with Crippen molar-refractivity contribution in [3.63, 3.8) is 0 Å². The second kappa shape index (κ2) is 5.34. The minimum Gasteiger partial charge on any atom is -0.495 e. The minimum atomic E-state index is -0.175. The molecule has 0 amide bonds. The largest absolute Gasteiger partial charge is 0.495 e. The summed E-state index contributed by atoms with van der Waals surface area (Å²) >= 11 is 0. The molecule has 0 spiro atoms. The first-order chi connectivity index (χ1) is 9.30. The molecule has 1 aliphatic rings. The molecule has 2 unspecified atom stereocenters. The van der Waals surface area contributed by atoms with Gasteiger partial charge in [-0.1, -0.05) is 0 Å². The molecule has 112 valence electrons. The van der Waals surface area contributed by atoms with Crippen molar-refractivity contribution in [2.45, 2.75) is 51.4 Å². The fourth-order valence-corrected chi connectivity index (χ4v) is 3.52. The van der Waals surface area contributed by atoms with Gasteiger partial charge in [0.15, 0.2) is 0 Å². The van der Waals surface area contributed by atoms with Gasteiger partial charge in [0.1, 0.15) is 5.75 Å². The Kier molecular flexibility index (Phi) is 4.07. The van der Waals surface area contributed by atoms with Crippen LogP contribution in [-0.4, -0.2) is 30.3 Å². The van der Waals surface area contributed by atoms with Crippen molar-refractivity contribution in [2.24, 2.45) is 5.92 Å². The summed E-state index contributed by atoms with van der Waals surface area (Å²) in [7, 11) is 3.68. The van der Waals surface area contributed by atoms with Gasteiger partial charge in [-0.25, -0.2) is 0 Å². The second-order valence-electron chi connectivity index (χ2n) is 6.66. The molecule has 0 radical (unpaired) electrons. The Balaban J connectivity index is 2.38. The SMILES string of the molecule is CNC(c1ccncc1OC)C1CC(C)(C)OC1(C)C. The first kappa shape index (κ1) is 15.3. The molecule has 1 saturated heterocycles. The van der Waals surface area contributed by atoms with E-state index in [4.69, 9.17) is 9.47 Å². The van der Waals surface area contributed by atoms with E-state index in [-0.39, 0.29) is 17.2 Å². The fraction of sp³-hybridized carbons (Fsp3) is 0.688. The third-order valence-electron chi connectivity index (χ3n) is 4.23. The number of rotatable bonds is 4. The Morgan fingerprint density at radius 2 is 2.10 bits per heavy atom. The van der Waals surface area contributed by atoms with Gasteiger partial charge in [0, 0.05) is 23.7 Å². The van der Waals surface area contributed by atoms with Crippen LogP contribution in [0, 0.1) is 5.92 Å². The number of nitrogens with zero attached hydrogens (tertiary/aromatic N) is 1. The summed E-state index contributed by atoms with van der Waals surface area (Å²) in [6.07, 6.45) is 4.60. The molecule has 2 atom stereocenters. The topological polar surface area (TPSA) is 43.4 Å². The number of methoxy groups -OCH3 is 1. The normalized spacial score (nSPS) is 25.4. The zero-order valence-electron chi connectivity index (χ0n) is 13.4. The van der Waals surface area contributed by atoms with Crippen LogP contribution < -0.4 is 10.1 Å². The van der Waals surface area contributed by atoms with Crippen molar-refractivity contribution in [2.75, 3.05) is 14.2 Å². The number of nitrogens with one attached hydrogen (secondary N) is 1. The summed E-state index contributed by atoms with van der Waals surface area (Å²) in [6.45, 7) is 8.66. The van der Waals surface area contributed by atoms with E-state index in [1.807, 2.05) is 19.3 Å². The van der Waals surface area contributed by atoms with E-state index in [1.54, 1.807) is 13.3 Å². The van der Waals surface area contributed by atoms with Crippen LogP contribution in [0.3, 0.4) is 0 Å². The molecule has 2 heterocycles. The standard InChI is InChI=1S/C16H26N2O2/c1-15(2)9-12(16(3,4)20-15)14(17-5)11-7-8-18-10-13(11)19-6/h7-8,10,12,14,17H,9H2,1-6H3. The van der Waals surface area contributed by atoms with Gasteiger partial charge in [-0.3, -0.25) is 4.98 Å². The van der Waals surface area contributed by atoms with Crippen molar-refractivity contribution in [1.82, 2.24) is 10.3 Å². The number of pyridine rings is 1. The van der Waals surface area contributed by atoms with E-state index in [9.17, 15) is 0 Å². The molecule has 2 rings (SSSR count). The van der Waals surface area contributed by atoms with Crippen LogP contribution >= 0.6 is 0 Å². The van der Waals surface area contributed by atoms with Crippen LogP contribution in [0.25, 0.3) is 0 Å². The number of hydrogen-bond donors (Lipinski definition) is 1. The van der Waals surface area contributed by atoms with Crippen molar-refractivity contribution in [1.29, 1.82) is 0 Å². The lowest BCUT2D eigenvalue weighted by Crippen LogP contribution is -2.37. The third kappa shape index (κ3) is 2.81. The Bertz CT molecular complexity index is 471. The molecular weight excluding hydrogens is 252 g/mol. The van der Waals surface area contributed by atoms with Gasteiger partial charge < -0.3 is 14.8 Å². The highest BCUT2D eigenvalue weighted by Gasteiger charge is 2.49. The van der Waals surface area contributed by atoms with Crippen LogP contribution in [-0.2, 0) is 4.74 Å². The average molecular weight is 278 g/mol. The maximum absolute atomic E-state index is 6.23. The summed E-state index contributed by atoms with van der Waals surface area (Å²) < 4.78 is 11.7. The first-order valence-electron chi connectivity index (χ1n) is 7.16. The monoisotopic (exact) mass is 278 g/mol. The van der Waals surface area contributed by atoms with Gasteiger partial charge in [-0.2, -0.15) is 0 Å². The number of aromatic nitrogens is 1. The zero-order chi connectivity index (χ0) is 15.0. The molecule has 1 aliphatic heterocycles. The fourth-order valence-electron chi connectivity index (χ4n) is 3.52. The number of ether oxygens (including phenoxy) is 2. The molecule has 1 aromatic heterocycles. The van der Waals surface area contributed by atoms with Gasteiger partial charge in [0.05, 0.1) is 24.5 Å². The van der Waals surface area contributed by atoms with Gasteiger partial charge in [0.2, 0.25) is 0 Å². The quantitative estimate of drug-likeness (QED) is 0.919. The highest BCUT2D eigenvalue weighted by Crippen LogP contribution is 2.48. The second-order valence-corrected chi connectivity index (χ2v) is 6.66. The lowest BCUT2D eigenvalue weighted by molar-refractivity contribution is -0.0777. The van der Waals surface area contributed by atoms with Gasteiger partial charge >= 0.3 is 0 Å². The van der Waals surface area contributed by atoms with E-state index in [0.29, 0.717) is 5.92 Å². The lowest BCUT2D eigenvalue weighted by Gasteiger charge is -2.33. The van der Waals surface area contributed by atoms with Crippen LogP contribution in [0.15, 0.2) is 18.5 Å². The zero-order valence-corrected chi connectivity index (χ0v) is 13.4. The molecule has 0 aliphatic carbocycles. The van der Waals surface area contributed by atoms with Crippen LogP contribution in [0.4, 0.5) is 0 Å². The molecule has 4 nitrogen and oxygen atoms in total. The average Bonchev–Trinajstić information content (AvgIpc) is 2.59. The summed E-state index contributed by atoms with van der Waals surface area (Å²) in [4.78, 5) is 4.14. The first-order valence-corrected chi connectivity index (χ1v) is 7.16. The van der Waals surface area contributed by atoms with Crippen molar-refractivity contribution in [3.8, 4) is 5.75 Å². The molecule has 1 N–H and O–H groups in total. The Labute approximate surface area is 121 Å². The van der Waals surface area contributed by atoms with E-state index in [0.717, 1.165) is 17.7 Å². The van der Waals surface area contributed by atoms with Crippen LogP contribution in [0.2, 0.25) is 0 Å². The highest BCUT2D eigenvalue weighted by molar-refractivity contribution is 5.34. The Hall–Kier alpha value is -1.13. The summed E-state index contributed by atoms with van der Waals surface area (Å²) in [6, 6.07) is 2.21. The maximum Gasteiger partial charge on any atom is 0.141 e. The molecule has 0 aromatic carbocycles. The van der Waals surface area contributed by atoms with Crippen molar-refractivity contribution >= 4 is 0 Å². The van der Waals surface area contributed by atoms with Crippen LogP contribution in [0.5, 0.6) is 5.75 Å². The van der Waals surface area contributed by atoms with Crippen LogP contribution in [0.1, 0.15) is 45.7 Å². The molecule has 1 fully saturated rings. The van der Waals surface area contributed by atoms with E-state index in [1.165, 1.54) is 0 Å². The maximum atomic E-state index is 6.23. The molecule has 1 aromatic rings. The molecule has 20 heavy (non-hydrogen) atoms. The van der Waals surface area contributed by atoms with Gasteiger partial charge in [-0.15, -0.1) is 0 Å². The number of hydrogen-bond acceptors (Lipinski definition) is 4. The highest BCUT2D eigenvalue weighted by atomic mass is 16.5. The van der Waals surface area contributed by atoms with Gasteiger partial charge in [0.25, 0.3) is 0 Å². The smallest absolute Gasteiger partial charge is 0.141 e. The third-order valence-corrected chi connectivity index (χ3v) is 4.23. The van der Waals surface area contributed by atoms with E-state index >= 15 is 0 Å². The Morgan fingerprint density at radius 3 is 2.60 bits per heavy atom. The Morgan fingerprint density at radius 1 is 1.40 bits per heavy atom. The summed E-state index contributed by atoms with van der Waals surface area (Å²) in [5.74, 6) is 1.20.